The summed E-state index contributed by atoms with van der Waals surface area (Å²) in [6, 6.07) is 3.34. The minimum atomic E-state index is -1.33. The van der Waals surface area contributed by atoms with E-state index in [0.717, 1.165) is 17.7 Å². The molecule has 0 aromatic carbocycles. The number of hydrogen-bond donors (Lipinski definition) is 3. The lowest BCUT2D eigenvalue weighted by Crippen LogP contribution is -2.36. The molecule has 4 rings (SSSR count). The summed E-state index contributed by atoms with van der Waals surface area (Å²) < 4.78 is 16.4. The number of rotatable bonds is 4. The van der Waals surface area contributed by atoms with Crippen LogP contribution in [0.15, 0.2) is 30.7 Å². The average molecular weight is 342 g/mol. The van der Waals surface area contributed by atoms with Gasteiger partial charge in [-0.25, -0.2) is 8.91 Å². The molecule has 0 unspecified atom stereocenters. The van der Waals surface area contributed by atoms with Gasteiger partial charge >= 0.3 is 0 Å². The van der Waals surface area contributed by atoms with Crippen molar-refractivity contribution in [2.75, 3.05) is 5.32 Å². The van der Waals surface area contributed by atoms with E-state index in [2.05, 4.69) is 20.6 Å². The van der Waals surface area contributed by atoms with E-state index in [0.29, 0.717) is 24.0 Å². The average Bonchev–Trinajstić information content (AvgIpc) is 3.27. The highest BCUT2D eigenvalue weighted by molar-refractivity contribution is 6.02. The zero-order chi connectivity index (χ0) is 17.6. The van der Waals surface area contributed by atoms with Gasteiger partial charge in [0.2, 0.25) is 0 Å². The molecule has 3 aromatic heterocycles. The standard InChI is InChI=1S/C17H19FN6O/c1-17(18)5-2-3-14(17)22-15-11(16(19)25)8-21-24-9-10(7-13(15)24)12-4-6-20-23-12/h4,6-9,14,22H,2-3,5H2,1H3,(H2,19,25)(H,20,23)/t14-,17+/m1/s1. The Morgan fingerprint density at radius 1 is 1.56 bits per heavy atom. The van der Waals surface area contributed by atoms with Crippen molar-refractivity contribution in [2.24, 2.45) is 5.73 Å². The molecular weight excluding hydrogens is 323 g/mol. The monoisotopic (exact) mass is 342 g/mol. The van der Waals surface area contributed by atoms with Crippen molar-refractivity contribution < 1.29 is 9.18 Å². The second-order valence-electron chi connectivity index (χ2n) is 6.69. The van der Waals surface area contributed by atoms with Gasteiger partial charge in [-0.15, -0.1) is 0 Å². The number of alkyl halides is 1. The van der Waals surface area contributed by atoms with Gasteiger partial charge in [0.05, 0.1) is 34.7 Å². The second kappa shape index (κ2) is 5.58. The number of hydrogen-bond acceptors (Lipinski definition) is 4. The highest BCUT2D eigenvalue weighted by atomic mass is 19.1. The predicted molar refractivity (Wildman–Crippen MR) is 92.1 cm³/mol. The van der Waals surface area contributed by atoms with E-state index in [1.807, 2.05) is 18.3 Å². The van der Waals surface area contributed by atoms with Crippen molar-refractivity contribution in [1.29, 1.82) is 0 Å². The van der Waals surface area contributed by atoms with Gasteiger partial charge in [0, 0.05) is 18.0 Å². The summed E-state index contributed by atoms with van der Waals surface area (Å²) in [7, 11) is 0. The molecule has 7 nitrogen and oxygen atoms in total. The number of primary amides is 1. The zero-order valence-electron chi connectivity index (χ0n) is 13.8. The number of nitrogens with zero attached hydrogens (tertiary/aromatic N) is 3. The summed E-state index contributed by atoms with van der Waals surface area (Å²) in [6.07, 6.45) is 6.90. The number of nitrogens with two attached hydrogens (primary N) is 1. The van der Waals surface area contributed by atoms with E-state index in [1.165, 1.54) is 6.20 Å². The fraction of sp³-hybridized carbons (Fsp3) is 0.353. The van der Waals surface area contributed by atoms with Crippen molar-refractivity contribution in [2.45, 2.75) is 37.9 Å². The molecule has 1 aliphatic carbocycles. The van der Waals surface area contributed by atoms with Crippen molar-refractivity contribution >= 4 is 17.1 Å². The van der Waals surface area contributed by atoms with E-state index < -0.39 is 11.6 Å². The fourth-order valence-electron chi connectivity index (χ4n) is 3.48. The lowest BCUT2D eigenvalue weighted by molar-refractivity contribution is 0.1000. The number of carbonyl (C=O) groups excluding carboxylic acids is 1. The van der Waals surface area contributed by atoms with Crippen LogP contribution in [-0.2, 0) is 0 Å². The maximum absolute atomic E-state index is 14.7. The molecule has 0 aliphatic heterocycles. The first-order chi connectivity index (χ1) is 12.0. The molecule has 1 amide bonds. The van der Waals surface area contributed by atoms with Gasteiger partial charge in [0.15, 0.2) is 0 Å². The summed E-state index contributed by atoms with van der Waals surface area (Å²) >= 11 is 0. The molecule has 8 heteroatoms. The van der Waals surface area contributed by atoms with Gasteiger partial charge in [-0.2, -0.15) is 10.2 Å². The van der Waals surface area contributed by atoms with Crippen LogP contribution in [-0.4, -0.2) is 37.4 Å². The van der Waals surface area contributed by atoms with Gasteiger partial charge in [0.25, 0.3) is 5.91 Å². The molecule has 0 radical (unpaired) electrons. The molecule has 3 aromatic rings. The topological polar surface area (TPSA) is 101 Å². The Bertz CT molecular complexity index is 930. The Kier molecular flexibility index (Phi) is 3.48. The minimum absolute atomic E-state index is 0.254. The van der Waals surface area contributed by atoms with Crippen LogP contribution in [0.1, 0.15) is 36.5 Å². The predicted octanol–water partition coefficient (Wildman–Crippen LogP) is 2.52. The van der Waals surface area contributed by atoms with Crippen molar-refractivity contribution in [3.8, 4) is 11.3 Å². The molecule has 1 aliphatic rings. The van der Waals surface area contributed by atoms with Gasteiger partial charge in [-0.1, -0.05) is 0 Å². The van der Waals surface area contributed by atoms with Crippen molar-refractivity contribution in [3.63, 3.8) is 0 Å². The van der Waals surface area contributed by atoms with E-state index in [9.17, 15) is 9.18 Å². The smallest absolute Gasteiger partial charge is 0.252 e. The fourth-order valence-corrected chi connectivity index (χ4v) is 3.48. The molecule has 1 fully saturated rings. The summed E-state index contributed by atoms with van der Waals surface area (Å²) in [5.41, 5.74) is 7.32. The summed E-state index contributed by atoms with van der Waals surface area (Å²) in [4.78, 5) is 11.9. The minimum Gasteiger partial charge on any atom is -0.377 e. The molecule has 0 saturated heterocycles. The number of anilines is 1. The number of H-pyrrole nitrogens is 1. The van der Waals surface area contributed by atoms with Gasteiger partial charge < -0.3 is 11.1 Å². The number of nitrogens with one attached hydrogen (secondary N) is 2. The van der Waals surface area contributed by atoms with E-state index >= 15 is 0 Å². The molecular formula is C17H19FN6O. The molecule has 25 heavy (non-hydrogen) atoms. The van der Waals surface area contributed by atoms with Gasteiger partial charge in [0.1, 0.15) is 5.67 Å². The molecule has 130 valence electrons. The Morgan fingerprint density at radius 3 is 3.04 bits per heavy atom. The normalized spacial score (nSPS) is 23.2. The Balaban J connectivity index is 1.84. The van der Waals surface area contributed by atoms with Crippen LogP contribution >= 0.6 is 0 Å². The zero-order valence-corrected chi connectivity index (χ0v) is 13.8. The summed E-state index contributed by atoms with van der Waals surface area (Å²) in [5, 5.41) is 14.3. The number of halogens is 1. The van der Waals surface area contributed by atoms with Crippen molar-refractivity contribution in [3.05, 3.63) is 36.3 Å². The van der Waals surface area contributed by atoms with Crippen LogP contribution < -0.4 is 11.1 Å². The number of amides is 1. The molecule has 1 saturated carbocycles. The van der Waals surface area contributed by atoms with Crippen LogP contribution in [0.3, 0.4) is 0 Å². The largest absolute Gasteiger partial charge is 0.377 e. The second-order valence-corrected chi connectivity index (χ2v) is 6.69. The molecule has 0 bridgehead atoms. The number of aromatic amines is 1. The van der Waals surface area contributed by atoms with Crippen molar-refractivity contribution in [1.82, 2.24) is 19.8 Å². The number of carbonyl (C=O) groups is 1. The lowest BCUT2D eigenvalue weighted by atomic mass is 10.0. The Morgan fingerprint density at radius 2 is 2.40 bits per heavy atom. The number of aromatic nitrogens is 4. The third-order valence-corrected chi connectivity index (χ3v) is 4.92. The van der Waals surface area contributed by atoms with Crippen LogP contribution in [0.4, 0.5) is 10.1 Å². The lowest BCUT2D eigenvalue weighted by Gasteiger charge is -2.26. The first kappa shape index (κ1) is 15.6. The molecule has 3 heterocycles. The Labute approximate surface area is 143 Å². The SMILES string of the molecule is C[C@]1(F)CCC[C@H]1Nc1c(C(N)=O)cnn2cc(-c3ccn[nH]3)cc12. The van der Waals surface area contributed by atoms with Crippen LogP contribution in [0.25, 0.3) is 16.8 Å². The summed E-state index contributed by atoms with van der Waals surface area (Å²) in [5.74, 6) is -0.597. The molecule has 2 atom stereocenters. The first-order valence-corrected chi connectivity index (χ1v) is 8.22. The van der Waals surface area contributed by atoms with Gasteiger partial charge in [-0.3, -0.25) is 9.89 Å². The summed E-state index contributed by atoms with van der Waals surface area (Å²) in [6.45, 7) is 1.59. The highest BCUT2D eigenvalue weighted by Gasteiger charge is 2.39. The number of fused-ring (bicyclic) bond motifs is 1. The maximum atomic E-state index is 14.7. The Hall–Kier alpha value is -2.90. The quantitative estimate of drug-likeness (QED) is 0.678. The van der Waals surface area contributed by atoms with Gasteiger partial charge in [-0.05, 0) is 38.3 Å². The van der Waals surface area contributed by atoms with E-state index in [4.69, 9.17) is 5.73 Å². The molecule has 4 N–H and O–H groups in total. The van der Waals surface area contributed by atoms with Crippen LogP contribution in [0, 0.1) is 0 Å². The third kappa shape index (κ3) is 2.63. The van der Waals surface area contributed by atoms with Crippen LogP contribution in [0.5, 0.6) is 0 Å². The maximum Gasteiger partial charge on any atom is 0.252 e. The first-order valence-electron chi connectivity index (χ1n) is 8.22. The third-order valence-electron chi connectivity index (χ3n) is 4.92. The van der Waals surface area contributed by atoms with E-state index in [-0.39, 0.29) is 11.6 Å². The van der Waals surface area contributed by atoms with Crippen LogP contribution in [0.2, 0.25) is 0 Å². The van der Waals surface area contributed by atoms with E-state index in [1.54, 1.807) is 17.6 Å². The highest BCUT2D eigenvalue weighted by Crippen LogP contribution is 2.37. The molecule has 0 spiro atoms.